The van der Waals surface area contributed by atoms with Gasteiger partial charge in [0.05, 0.1) is 16.7 Å². The number of esters is 1. The van der Waals surface area contributed by atoms with Crippen LogP contribution in [0.4, 0.5) is 0 Å². The molecule has 120 valence electrons. The number of nitrogens with zero attached hydrogens (tertiary/aromatic N) is 3. The van der Waals surface area contributed by atoms with Gasteiger partial charge in [0, 0.05) is 6.07 Å². The Kier molecular flexibility index (Phi) is 3.99. The molecule has 0 amide bonds. The molecule has 3 aromatic rings. The zero-order valence-electron chi connectivity index (χ0n) is 12.6. The molecule has 0 bridgehead atoms. The predicted molar refractivity (Wildman–Crippen MR) is 82.8 cm³/mol. The lowest BCUT2D eigenvalue weighted by atomic mass is 10.2. The Morgan fingerprint density at radius 3 is 2.92 bits per heavy atom. The lowest BCUT2D eigenvalue weighted by Gasteiger charge is -2.03. The number of imidazole rings is 1. The number of hydrogen-bond acceptors (Lipinski definition) is 7. The van der Waals surface area contributed by atoms with Crippen LogP contribution < -0.4 is 0 Å². The molecule has 0 saturated carbocycles. The van der Waals surface area contributed by atoms with Crippen molar-refractivity contribution in [1.82, 2.24) is 15.1 Å². The Morgan fingerprint density at radius 1 is 1.46 bits per heavy atom. The molecule has 2 N–H and O–H groups in total. The van der Waals surface area contributed by atoms with E-state index in [4.69, 9.17) is 9.26 Å². The van der Waals surface area contributed by atoms with Gasteiger partial charge in [-0.15, -0.1) is 0 Å². The van der Waals surface area contributed by atoms with Crippen LogP contribution in [0.5, 0.6) is 0 Å². The quantitative estimate of drug-likeness (QED) is 0.429. The zero-order chi connectivity index (χ0) is 17.1. The van der Waals surface area contributed by atoms with Crippen LogP contribution in [0.2, 0.25) is 0 Å². The van der Waals surface area contributed by atoms with Crippen LogP contribution in [-0.4, -0.2) is 32.8 Å². The molecule has 0 spiro atoms. The third-order valence-corrected chi connectivity index (χ3v) is 3.20. The van der Waals surface area contributed by atoms with E-state index in [1.54, 1.807) is 19.1 Å². The molecule has 0 fully saturated rings. The molecule has 2 heterocycles. The van der Waals surface area contributed by atoms with E-state index >= 15 is 0 Å². The maximum absolute atomic E-state index is 11.8. The number of H-pyrrole nitrogens is 1. The molecular weight excluding hydrogens is 312 g/mol. The average molecular weight is 324 g/mol. The first-order chi connectivity index (χ1) is 11.6. The number of nitriles is 1. The van der Waals surface area contributed by atoms with Crippen molar-refractivity contribution in [2.75, 3.05) is 6.61 Å². The number of nitrogens with one attached hydrogen (secondary N) is 1. The van der Waals surface area contributed by atoms with Crippen molar-refractivity contribution in [1.29, 1.82) is 5.26 Å². The van der Waals surface area contributed by atoms with E-state index in [0.717, 1.165) is 5.52 Å². The molecule has 0 unspecified atom stereocenters. The standard InChI is InChI=1S/C16H12N4O4/c1-9-6-14(24-20-9)16(22)23-8-13(21)10(7-17)15-18-11-4-2-3-5-12(11)19-15/h2-6,21H,8H2,1H3,(H,18,19)/b13-10-. The molecule has 0 aliphatic carbocycles. The molecule has 8 nitrogen and oxygen atoms in total. The number of aromatic nitrogens is 3. The third kappa shape index (κ3) is 2.96. The van der Waals surface area contributed by atoms with Gasteiger partial charge in [0.2, 0.25) is 5.76 Å². The number of rotatable bonds is 4. The Balaban J connectivity index is 1.80. The Hall–Kier alpha value is -3.60. The van der Waals surface area contributed by atoms with Gasteiger partial charge in [0.15, 0.2) is 18.2 Å². The number of aromatic amines is 1. The second-order valence-electron chi connectivity index (χ2n) is 4.94. The summed E-state index contributed by atoms with van der Waals surface area (Å²) in [5.74, 6) is -1.09. The molecule has 0 atom stereocenters. The van der Waals surface area contributed by atoms with Crippen LogP contribution in [0.15, 0.2) is 40.6 Å². The SMILES string of the molecule is Cc1cc(C(=O)OC/C(O)=C(\C#N)c2nc3ccccc3[nH]2)on1. The molecule has 0 aliphatic heterocycles. The second kappa shape index (κ2) is 6.26. The van der Waals surface area contributed by atoms with Gasteiger partial charge < -0.3 is 19.4 Å². The van der Waals surface area contributed by atoms with Crippen molar-refractivity contribution in [2.45, 2.75) is 6.92 Å². The van der Waals surface area contributed by atoms with Gasteiger partial charge in [0.1, 0.15) is 11.6 Å². The van der Waals surface area contributed by atoms with Gasteiger partial charge in [-0.05, 0) is 19.1 Å². The monoisotopic (exact) mass is 324 g/mol. The first-order valence-electron chi connectivity index (χ1n) is 6.96. The van der Waals surface area contributed by atoms with Gasteiger partial charge in [-0.2, -0.15) is 5.26 Å². The minimum absolute atomic E-state index is 0.0810. The number of para-hydroxylation sites is 2. The predicted octanol–water partition coefficient (Wildman–Crippen LogP) is 2.51. The zero-order valence-corrected chi connectivity index (χ0v) is 12.6. The van der Waals surface area contributed by atoms with Gasteiger partial charge in [-0.3, -0.25) is 0 Å². The number of aliphatic hydroxyl groups excluding tert-OH is 1. The summed E-state index contributed by atoms with van der Waals surface area (Å²) in [6, 6.07) is 10.5. The molecular formula is C16H12N4O4. The largest absolute Gasteiger partial charge is 0.507 e. The first-order valence-corrected chi connectivity index (χ1v) is 6.96. The van der Waals surface area contributed by atoms with Gasteiger partial charge in [0.25, 0.3) is 0 Å². The molecule has 3 rings (SSSR count). The second-order valence-corrected chi connectivity index (χ2v) is 4.94. The number of hydrogen-bond donors (Lipinski definition) is 2. The Labute approximate surface area is 136 Å². The smallest absolute Gasteiger partial charge is 0.377 e. The molecule has 0 saturated heterocycles. The normalized spacial score (nSPS) is 11.8. The highest BCUT2D eigenvalue weighted by Crippen LogP contribution is 2.19. The molecule has 1 aromatic carbocycles. The minimum atomic E-state index is -0.788. The minimum Gasteiger partial charge on any atom is -0.507 e. The van der Waals surface area contributed by atoms with E-state index in [-0.39, 0.29) is 17.2 Å². The number of allylic oxidation sites excluding steroid dienone is 1. The van der Waals surface area contributed by atoms with Crippen molar-refractivity contribution in [3.05, 3.63) is 53.4 Å². The van der Waals surface area contributed by atoms with Gasteiger partial charge >= 0.3 is 5.97 Å². The fourth-order valence-electron chi connectivity index (χ4n) is 2.06. The maximum Gasteiger partial charge on any atom is 0.377 e. The highest BCUT2D eigenvalue weighted by atomic mass is 16.6. The average Bonchev–Trinajstić information content (AvgIpc) is 3.19. The van der Waals surface area contributed by atoms with E-state index in [0.29, 0.717) is 11.2 Å². The fourth-order valence-corrected chi connectivity index (χ4v) is 2.06. The highest BCUT2D eigenvalue weighted by molar-refractivity contribution is 5.87. The number of aryl methyl sites for hydroxylation is 1. The summed E-state index contributed by atoms with van der Waals surface area (Å²) in [6.45, 7) is 1.17. The molecule has 24 heavy (non-hydrogen) atoms. The van der Waals surface area contributed by atoms with Crippen molar-refractivity contribution in [3.63, 3.8) is 0 Å². The van der Waals surface area contributed by atoms with E-state index in [2.05, 4.69) is 15.1 Å². The van der Waals surface area contributed by atoms with E-state index in [1.807, 2.05) is 18.2 Å². The van der Waals surface area contributed by atoms with Crippen LogP contribution in [0, 0.1) is 18.3 Å². The van der Waals surface area contributed by atoms with Crippen LogP contribution in [0.25, 0.3) is 16.6 Å². The maximum atomic E-state index is 11.8. The van der Waals surface area contributed by atoms with Crippen molar-refractivity contribution >= 4 is 22.6 Å². The van der Waals surface area contributed by atoms with Crippen LogP contribution in [0.1, 0.15) is 22.1 Å². The fraction of sp³-hybridized carbons (Fsp3) is 0.125. The number of ether oxygens (including phenoxy) is 1. The first kappa shape index (κ1) is 15.3. The van der Waals surface area contributed by atoms with Crippen LogP contribution in [-0.2, 0) is 4.74 Å². The number of aliphatic hydroxyl groups is 1. The summed E-state index contributed by atoms with van der Waals surface area (Å²) in [4.78, 5) is 18.9. The van der Waals surface area contributed by atoms with E-state index in [1.165, 1.54) is 6.07 Å². The lowest BCUT2D eigenvalue weighted by molar-refractivity contribution is 0.0456. The molecule has 2 aromatic heterocycles. The van der Waals surface area contributed by atoms with Crippen molar-refractivity contribution in [2.24, 2.45) is 0 Å². The summed E-state index contributed by atoms with van der Waals surface area (Å²) < 4.78 is 9.67. The van der Waals surface area contributed by atoms with Gasteiger partial charge in [-0.1, -0.05) is 17.3 Å². The molecule has 0 radical (unpaired) electrons. The number of benzene rings is 1. The van der Waals surface area contributed by atoms with Crippen molar-refractivity contribution in [3.8, 4) is 6.07 Å². The van der Waals surface area contributed by atoms with Crippen molar-refractivity contribution < 1.29 is 19.2 Å². The number of fused-ring (bicyclic) bond motifs is 1. The Bertz CT molecular complexity index is 944. The highest BCUT2D eigenvalue weighted by Gasteiger charge is 2.17. The van der Waals surface area contributed by atoms with Crippen LogP contribution in [0.3, 0.4) is 0 Å². The van der Waals surface area contributed by atoms with Gasteiger partial charge in [-0.25, -0.2) is 9.78 Å². The Morgan fingerprint density at radius 2 is 2.25 bits per heavy atom. The summed E-state index contributed by atoms with van der Waals surface area (Å²) >= 11 is 0. The summed E-state index contributed by atoms with van der Waals surface area (Å²) in [7, 11) is 0. The van der Waals surface area contributed by atoms with E-state index < -0.39 is 18.3 Å². The lowest BCUT2D eigenvalue weighted by Crippen LogP contribution is -2.08. The van der Waals surface area contributed by atoms with E-state index in [9.17, 15) is 15.2 Å². The third-order valence-electron chi connectivity index (χ3n) is 3.20. The number of carbonyl (C=O) groups excluding carboxylic acids is 1. The summed E-state index contributed by atoms with van der Waals surface area (Å²) in [5.41, 5.74) is 1.80. The summed E-state index contributed by atoms with van der Waals surface area (Å²) in [5, 5.41) is 22.9. The van der Waals surface area contributed by atoms with Crippen LogP contribution >= 0.6 is 0 Å². The molecule has 0 aliphatic rings. The number of carbonyl (C=O) groups is 1. The topological polar surface area (TPSA) is 125 Å². The summed E-state index contributed by atoms with van der Waals surface area (Å²) in [6.07, 6.45) is 0. The molecule has 8 heteroatoms.